The van der Waals surface area contributed by atoms with E-state index in [4.69, 9.17) is 9.84 Å². The third-order valence-electron chi connectivity index (χ3n) is 5.16. The Morgan fingerprint density at radius 3 is 3.13 bits per heavy atom. The first-order chi connectivity index (χ1) is 11.3. The second kappa shape index (κ2) is 6.00. The van der Waals surface area contributed by atoms with Gasteiger partial charge in [0.05, 0.1) is 12.3 Å². The van der Waals surface area contributed by atoms with Crippen molar-refractivity contribution in [2.24, 2.45) is 0 Å². The molecular weight excluding hydrogens is 286 g/mol. The van der Waals surface area contributed by atoms with Crippen molar-refractivity contribution in [3.63, 3.8) is 0 Å². The minimum atomic E-state index is 0.434. The van der Waals surface area contributed by atoms with Crippen LogP contribution in [0.3, 0.4) is 0 Å². The summed E-state index contributed by atoms with van der Waals surface area (Å²) in [5.41, 5.74) is 6.87. The first kappa shape index (κ1) is 14.8. The van der Waals surface area contributed by atoms with Crippen LogP contribution >= 0.6 is 0 Å². The van der Waals surface area contributed by atoms with Crippen molar-refractivity contribution in [3.8, 4) is 5.75 Å². The molecule has 1 atom stereocenters. The molecule has 4 heteroatoms. The minimum Gasteiger partial charge on any atom is -0.493 e. The molecule has 0 saturated heterocycles. The monoisotopic (exact) mass is 311 g/mol. The molecule has 2 aromatic rings. The first-order valence-corrected chi connectivity index (χ1v) is 8.80. The van der Waals surface area contributed by atoms with Gasteiger partial charge in [0.2, 0.25) is 0 Å². The van der Waals surface area contributed by atoms with E-state index in [9.17, 15) is 0 Å². The number of ether oxygens (including phenoxy) is 1. The van der Waals surface area contributed by atoms with Crippen LogP contribution in [0.5, 0.6) is 5.75 Å². The summed E-state index contributed by atoms with van der Waals surface area (Å²) in [5.74, 6) is 1.08. The number of hydrogen-bond acceptors (Lipinski definition) is 3. The molecule has 0 radical (unpaired) electrons. The summed E-state index contributed by atoms with van der Waals surface area (Å²) in [6, 6.07) is 7.12. The zero-order valence-corrected chi connectivity index (χ0v) is 14.1. The Labute approximate surface area is 137 Å². The largest absolute Gasteiger partial charge is 0.493 e. The van der Waals surface area contributed by atoms with Gasteiger partial charge in [-0.2, -0.15) is 5.10 Å². The zero-order chi connectivity index (χ0) is 15.8. The van der Waals surface area contributed by atoms with Gasteiger partial charge in [-0.25, -0.2) is 0 Å². The number of aryl methyl sites for hydroxylation is 3. The Morgan fingerprint density at radius 1 is 1.35 bits per heavy atom. The molecule has 0 aliphatic carbocycles. The van der Waals surface area contributed by atoms with E-state index in [1.807, 2.05) is 0 Å². The summed E-state index contributed by atoms with van der Waals surface area (Å²) in [5, 5.41) is 8.42. The normalized spacial score (nSPS) is 19.3. The molecule has 2 aliphatic rings. The highest BCUT2D eigenvalue weighted by Gasteiger charge is 2.26. The van der Waals surface area contributed by atoms with Gasteiger partial charge in [0.25, 0.3) is 0 Å². The van der Waals surface area contributed by atoms with Gasteiger partial charge in [-0.3, -0.25) is 4.68 Å². The molecule has 1 N–H and O–H groups in total. The average Bonchev–Trinajstić information content (AvgIpc) is 3.17. The third kappa shape index (κ3) is 2.65. The topological polar surface area (TPSA) is 39.1 Å². The van der Waals surface area contributed by atoms with Crippen molar-refractivity contribution < 1.29 is 4.74 Å². The maximum atomic E-state index is 5.60. The van der Waals surface area contributed by atoms with Gasteiger partial charge in [-0.1, -0.05) is 12.1 Å². The SMILES string of the molecule is CCn1nc(C)c2c1CCN[C@H]2CCc1ccc2c(c1)CCO2. The van der Waals surface area contributed by atoms with E-state index in [1.165, 1.54) is 28.1 Å². The summed E-state index contributed by atoms with van der Waals surface area (Å²) >= 11 is 0. The molecule has 0 spiro atoms. The van der Waals surface area contributed by atoms with E-state index in [0.717, 1.165) is 51.1 Å². The number of fused-ring (bicyclic) bond motifs is 2. The number of rotatable bonds is 4. The molecule has 1 aromatic carbocycles. The molecular formula is C19H25N3O. The Kier molecular flexibility index (Phi) is 3.85. The van der Waals surface area contributed by atoms with Crippen molar-refractivity contribution >= 4 is 0 Å². The lowest BCUT2D eigenvalue weighted by atomic mass is 9.93. The summed E-state index contributed by atoms with van der Waals surface area (Å²) in [4.78, 5) is 0. The van der Waals surface area contributed by atoms with Crippen LogP contribution in [0.4, 0.5) is 0 Å². The highest BCUT2D eigenvalue weighted by Crippen LogP contribution is 2.31. The van der Waals surface area contributed by atoms with Crippen molar-refractivity contribution in [3.05, 3.63) is 46.3 Å². The molecule has 3 heterocycles. The predicted molar refractivity (Wildman–Crippen MR) is 91.0 cm³/mol. The summed E-state index contributed by atoms with van der Waals surface area (Å²) in [6.07, 6.45) is 4.37. The van der Waals surface area contributed by atoms with Gasteiger partial charge in [-0.05, 0) is 43.9 Å². The molecule has 2 aliphatic heterocycles. The molecule has 4 rings (SSSR count). The molecule has 1 aromatic heterocycles. The van der Waals surface area contributed by atoms with Crippen LogP contribution in [0.15, 0.2) is 18.2 Å². The second-order valence-electron chi connectivity index (χ2n) is 6.60. The molecule has 0 amide bonds. The van der Waals surface area contributed by atoms with Gasteiger partial charge in [0.15, 0.2) is 0 Å². The molecule has 0 unspecified atom stereocenters. The lowest BCUT2D eigenvalue weighted by Crippen LogP contribution is -2.31. The van der Waals surface area contributed by atoms with Gasteiger partial charge in [0, 0.05) is 43.2 Å². The van der Waals surface area contributed by atoms with E-state index in [2.05, 4.69) is 42.0 Å². The van der Waals surface area contributed by atoms with Gasteiger partial charge in [-0.15, -0.1) is 0 Å². The number of benzene rings is 1. The van der Waals surface area contributed by atoms with Crippen molar-refractivity contribution in [1.29, 1.82) is 0 Å². The molecule has 23 heavy (non-hydrogen) atoms. The number of nitrogens with zero attached hydrogens (tertiary/aromatic N) is 2. The Morgan fingerprint density at radius 2 is 2.26 bits per heavy atom. The molecule has 0 saturated carbocycles. The minimum absolute atomic E-state index is 0.434. The van der Waals surface area contributed by atoms with Crippen LogP contribution < -0.4 is 10.1 Å². The van der Waals surface area contributed by atoms with Crippen LogP contribution in [0.2, 0.25) is 0 Å². The van der Waals surface area contributed by atoms with E-state index in [0.29, 0.717) is 6.04 Å². The highest BCUT2D eigenvalue weighted by molar-refractivity contribution is 5.40. The van der Waals surface area contributed by atoms with Crippen LogP contribution in [0.1, 0.15) is 47.5 Å². The van der Waals surface area contributed by atoms with Gasteiger partial charge in [0.1, 0.15) is 5.75 Å². The van der Waals surface area contributed by atoms with Crippen molar-refractivity contribution in [1.82, 2.24) is 15.1 Å². The predicted octanol–water partition coefficient (Wildman–Crippen LogP) is 2.97. The van der Waals surface area contributed by atoms with Crippen molar-refractivity contribution in [2.45, 2.75) is 52.1 Å². The van der Waals surface area contributed by atoms with Gasteiger partial charge < -0.3 is 10.1 Å². The Bertz CT molecular complexity index is 720. The van der Waals surface area contributed by atoms with E-state index >= 15 is 0 Å². The van der Waals surface area contributed by atoms with Crippen LogP contribution in [0, 0.1) is 6.92 Å². The molecule has 122 valence electrons. The van der Waals surface area contributed by atoms with Gasteiger partial charge >= 0.3 is 0 Å². The molecule has 4 nitrogen and oxygen atoms in total. The molecule has 0 bridgehead atoms. The fourth-order valence-corrected chi connectivity index (χ4v) is 4.04. The summed E-state index contributed by atoms with van der Waals surface area (Å²) < 4.78 is 7.79. The van der Waals surface area contributed by atoms with E-state index < -0.39 is 0 Å². The Balaban J connectivity index is 1.51. The van der Waals surface area contributed by atoms with Crippen LogP contribution in [0.25, 0.3) is 0 Å². The third-order valence-corrected chi connectivity index (χ3v) is 5.16. The number of hydrogen-bond donors (Lipinski definition) is 1. The maximum Gasteiger partial charge on any atom is 0.122 e. The van der Waals surface area contributed by atoms with E-state index in [1.54, 1.807) is 0 Å². The molecule has 0 fully saturated rings. The van der Waals surface area contributed by atoms with Crippen LogP contribution in [-0.2, 0) is 25.8 Å². The summed E-state index contributed by atoms with van der Waals surface area (Å²) in [6.45, 7) is 7.18. The zero-order valence-electron chi connectivity index (χ0n) is 14.1. The van der Waals surface area contributed by atoms with Crippen molar-refractivity contribution in [2.75, 3.05) is 13.2 Å². The lowest BCUT2D eigenvalue weighted by Gasteiger charge is -2.25. The average molecular weight is 311 g/mol. The smallest absolute Gasteiger partial charge is 0.122 e. The first-order valence-electron chi connectivity index (χ1n) is 8.80. The summed E-state index contributed by atoms with van der Waals surface area (Å²) in [7, 11) is 0. The quantitative estimate of drug-likeness (QED) is 0.943. The van der Waals surface area contributed by atoms with Crippen LogP contribution in [-0.4, -0.2) is 22.9 Å². The number of aromatic nitrogens is 2. The highest BCUT2D eigenvalue weighted by atomic mass is 16.5. The fraction of sp³-hybridized carbons (Fsp3) is 0.526. The Hall–Kier alpha value is -1.81. The second-order valence-corrected chi connectivity index (χ2v) is 6.60. The number of nitrogens with one attached hydrogen (secondary N) is 1. The standard InChI is InChI=1S/C19H25N3O/c1-3-22-17-8-10-20-16(19(17)13(2)21-22)6-4-14-5-7-18-15(12-14)9-11-23-18/h5,7,12,16,20H,3-4,6,8-11H2,1-2H3/t16-/m0/s1. The van der Waals surface area contributed by atoms with E-state index in [-0.39, 0.29) is 0 Å². The lowest BCUT2D eigenvalue weighted by molar-refractivity contribution is 0.357. The fourth-order valence-electron chi connectivity index (χ4n) is 4.04. The maximum absolute atomic E-state index is 5.60.